The third-order valence-electron chi connectivity index (χ3n) is 3.85. The van der Waals surface area contributed by atoms with Crippen LogP contribution in [0.25, 0.3) is 10.9 Å². The van der Waals surface area contributed by atoms with Gasteiger partial charge in [-0.3, -0.25) is 9.59 Å². The monoisotopic (exact) mass is 331 g/mol. The lowest BCUT2D eigenvalue weighted by Crippen LogP contribution is -2.43. The van der Waals surface area contributed by atoms with E-state index in [1.54, 1.807) is 6.07 Å². The van der Waals surface area contributed by atoms with E-state index in [2.05, 4.69) is 29.0 Å². The number of aromatic nitrogens is 1. The van der Waals surface area contributed by atoms with E-state index in [1.165, 1.54) is 0 Å². The Morgan fingerprint density at radius 2 is 1.96 bits per heavy atom. The summed E-state index contributed by atoms with van der Waals surface area (Å²) in [4.78, 5) is 23.8. The molecule has 1 unspecified atom stereocenters. The topological polar surface area (TPSA) is 83.4 Å². The molecule has 2 rings (SSSR count). The maximum absolute atomic E-state index is 12.0. The number of hydrogen-bond donors (Lipinski definition) is 3. The Bertz CT molecular complexity index is 717. The molecule has 0 spiro atoms. The van der Waals surface area contributed by atoms with Gasteiger partial charge in [-0.05, 0) is 36.6 Å². The maximum atomic E-state index is 12.0. The number of anilines is 1. The van der Waals surface area contributed by atoms with Crippen LogP contribution in [0.5, 0.6) is 0 Å². The second-order valence-corrected chi connectivity index (χ2v) is 6.35. The summed E-state index contributed by atoms with van der Waals surface area (Å²) in [5, 5.41) is 15.2. The average Bonchev–Trinajstić information content (AvgIpc) is 2.93. The van der Waals surface area contributed by atoms with Gasteiger partial charge >= 0.3 is 11.8 Å². The molecule has 1 aromatic heterocycles. The molecule has 130 valence electrons. The summed E-state index contributed by atoms with van der Waals surface area (Å²) >= 11 is 0. The van der Waals surface area contributed by atoms with E-state index in [4.69, 9.17) is 5.11 Å². The van der Waals surface area contributed by atoms with Crippen molar-refractivity contribution >= 4 is 28.4 Å². The summed E-state index contributed by atoms with van der Waals surface area (Å²) in [5.41, 5.74) is 1.67. The van der Waals surface area contributed by atoms with Gasteiger partial charge in [0.1, 0.15) is 0 Å². The van der Waals surface area contributed by atoms with E-state index < -0.39 is 17.9 Å². The van der Waals surface area contributed by atoms with Gasteiger partial charge in [0.15, 0.2) is 0 Å². The molecule has 0 fully saturated rings. The predicted octanol–water partition coefficient (Wildman–Crippen LogP) is 2.12. The SMILES string of the molecule is CCC(CO)NC(=O)C(=O)Nc1ccc2c(ccn2CC(C)C)c1. The number of carbonyl (C=O) groups is 2. The molecule has 0 aliphatic carbocycles. The molecule has 1 heterocycles. The second-order valence-electron chi connectivity index (χ2n) is 6.35. The first-order chi connectivity index (χ1) is 11.4. The minimum Gasteiger partial charge on any atom is -0.394 e. The molecule has 2 aromatic rings. The highest BCUT2D eigenvalue weighted by Gasteiger charge is 2.17. The molecule has 0 saturated heterocycles. The van der Waals surface area contributed by atoms with E-state index in [1.807, 2.05) is 31.3 Å². The van der Waals surface area contributed by atoms with Crippen molar-refractivity contribution in [2.24, 2.45) is 5.92 Å². The van der Waals surface area contributed by atoms with Gasteiger partial charge < -0.3 is 20.3 Å². The van der Waals surface area contributed by atoms with Crippen LogP contribution in [0, 0.1) is 5.92 Å². The summed E-state index contributed by atoms with van der Waals surface area (Å²) in [6.45, 7) is 6.89. The largest absolute Gasteiger partial charge is 0.394 e. The number of benzene rings is 1. The third-order valence-corrected chi connectivity index (χ3v) is 3.85. The maximum Gasteiger partial charge on any atom is 0.313 e. The number of rotatable bonds is 6. The molecule has 0 saturated carbocycles. The number of fused-ring (bicyclic) bond motifs is 1. The fourth-order valence-electron chi connectivity index (χ4n) is 2.55. The molecule has 24 heavy (non-hydrogen) atoms. The van der Waals surface area contributed by atoms with Gasteiger partial charge in [0.05, 0.1) is 12.6 Å². The van der Waals surface area contributed by atoms with Crippen LogP contribution < -0.4 is 10.6 Å². The summed E-state index contributed by atoms with van der Waals surface area (Å²) in [7, 11) is 0. The summed E-state index contributed by atoms with van der Waals surface area (Å²) < 4.78 is 2.17. The molecule has 0 radical (unpaired) electrons. The summed E-state index contributed by atoms with van der Waals surface area (Å²) in [5.74, 6) is -0.932. The molecular weight excluding hydrogens is 306 g/mol. The van der Waals surface area contributed by atoms with Crippen LogP contribution >= 0.6 is 0 Å². The Balaban J connectivity index is 2.07. The van der Waals surface area contributed by atoms with Crippen molar-refractivity contribution in [2.75, 3.05) is 11.9 Å². The number of nitrogens with zero attached hydrogens (tertiary/aromatic N) is 1. The molecule has 1 atom stereocenters. The van der Waals surface area contributed by atoms with Crippen molar-refractivity contribution < 1.29 is 14.7 Å². The number of carbonyl (C=O) groups excluding carboxylic acids is 2. The van der Waals surface area contributed by atoms with Gasteiger partial charge in [0.2, 0.25) is 0 Å². The van der Waals surface area contributed by atoms with Crippen LogP contribution in [0.4, 0.5) is 5.69 Å². The standard InChI is InChI=1S/C18H25N3O3/c1-4-14(11-22)19-17(23)18(24)20-15-5-6-16-13(9-15)7-8-21(16)10-12(2)3/h5-9,12,14,22H,4,10-11H2,1-3H3,(H,19,23)(H,20,24). The minimum atomic E-state index is -0.742. The van der Waals surface area contributed by atoms with E-state index in [0.29, 0.717) is 18.0 Å². The van der Waals surface area contributed by atoms with Crippen molar-refractivity contribution in [1.29, 1.82) is 0 Å². The molecule has 3 N–H and O–H groups in total. The lowest BCUT2D eigenvalue weighted by atomic mass is 10.2. The molecule has 0 aliphatic rings. The first kappa shape index (κ1) is 18.0. The van der Waals surface area contributed by atoms with Gasteiger partial charge in [0, 0.05) is 29.3 Å². The fourth-order valence-corrected chi connectivity index (χ4v) is 2.55. The van der Waals surface area contributed by atoms with Gasteiger partial charge in [-0.15, -0.1) is 0 Å². The molecule has 6 nitrogen and oxygen atoms in total. The Hall–Kier alpha value is -2.34. The fraction of sp³-hybridized carbons (Fsp3) is 0.444. The number of hydrogen-bond acceptors (Lipinski definition) is 3. The minimum absolute atomic E-state index is 0.190. The Labute approximate surface area is 141 Å². The van der Waals surface area contributed by atoms with Crippen molar-refractivity contribution in [3.8, 4) is 0 Å². The zero-order valence-corrected chi connectivity index (χ0v) is 14.4. The third kappa shape index (κ3) is 4.35. The first-order valence-electron chi connectivity index (χ1n) is 8.26. The Kier molecular flexibility index (Phi) is 5.98. The van der Waals surface area contributed by atoms with Crippen LogP contribution in [-0.4, -0.2) is 34.1 Å². The molecular formula is C18H25N3O3. The van der Waals surface area contributed by atoms with Crippen molar-refractivity contribution in [2.45, 2.75) is 39.8 Å². The molecule has 6 heteroatoms. The van der Waals surface area contributed by atoms with E-state index in [9.17, 15) is 9.59 Å². The molecule has 0 aliphatic heterocycles. The Morgan fingerprint density at radius 1 is 1.21 bits per heavy atom. The van der Waals surface area contributed by atoms with E-state index in [-0.39, 0.29) is 6.61 Å². The average molecular weight is 331 g/mol. The van der Waals surface area contributed by atoms with Crippen LogP contribution in [0.3, 0.4) is 0 Å². The number of nitrogens with one attached hydrogen (secondary N) is 2. The van der Waals surface area contributed by atoms with Gasteiger partial charge in [-0.2, -0.15) is 0 Å². The first-order valence-corrected chi connectivity index (χ1v) is 8.26. The number of amides is 2. The molecule has 2 amide bonds. The smallest absolute Gasteiger partial charge is 0.313 e. The van der Waals surface area contributed by atoms with Gasteiger partial charge in [0.25, 0.3) is 0 Å². The van der Waals surface area contributed by atoms with Crippen molar-refractivity contribution in [1.82, 2.24) is 9.88 Å². The van der Waals surface area contributed by atoms with Crippen LogP contribution in [0.15, 0.2) is 30.5 Å². The van der Waals surface area contributed by atoms with Crippen molar-refractivity contribution in [3.63, 3.8) is 0 Å². The highest BCUT2D eigenvalue weighted by atomic mass is 16.3. The summed E-state index contributed by atoms with van der Waals surface area (Å²) in [6.07, 6.45) is 2.58. The molecule has 1 aromatic carbocycles. The zero-order valence-electron chi connectivity index (χ0n) is 14.4. The lowest BCUT2D eigenvalue weighted by molar-refractivity contribution is -0.136. The molecule has 0 bridgehead atoms. The highest BCUT2D eigenvalue weighted by Crippen LogP contribution is 2.21. The predicted molar refractivity (Wildman–Crippen MR) is 94.7 cm³/mol. The van der Waals surface area contributed by atoms with Gasteiger partial charge in [-0.1, -0.05) is 20.8 Å². The van der Waals surface area contributed by atoms with Crippen molar-refractivity contribution in [3.05, 3.63) is 30.5 Å². The summed E-state index contributed by atoms with van der Waals surface area (Å²) in [6, 6.07) is 7.16. The number of aliphatic hydroxyl groups excluding tert-OH is 1. The lowest BCUT2D eigenvalue weighted by Gasteiger charge is -2.13. The van der Waals surface area contributed by atoms with Crippen LogP contribution in [0.2, 0.25) is 0 Å². The van der Waals surface area contributed by atoms with Crippen LogP contribution in [0.1, 0.15) is 27.2 Å². The van der Waals surface area contributed by atoms with Gasteiger partial charge in [-0.25, -0.2) is 0 Å². The van der Waals surface area contributed by atoms with Crippen LogP contribution in [-0.2, 0) is 16.1 Å². The normalized spacial score (nSPS) is 12.4. The zero-order chi connectivity index (χ0) is 17.7. The Morgan fingerprint density at radius 3 is 2.58 bits per heavy atom. The quantitative estimate of drug-likeness (QED) is 0.709. The van der Waals surface area contributed by atoms with E-state index in [0.717, 1.165) is 17.4 Å². The number of aliphatic hydroxyl groups is 1. The van der Waals surface area contributed by atoms with E-state index >= 15 is 0 Å². The second kappa shape index (κ2) is 7.97. The highest BCUT2D eigenvalue weighted by molar-refractivity contribution is 6.39.